The number of carboxylic acid groups (broad SMARTS) is 2. The summed E-state index contributed by atoms with van der Waals surface area (Å²) in [5.41, 5.74) is 9.46. The largest absolute Gasteiger partial charge is 0.481 e. The minimum Gasteiger partial charge on any atom is -0.481 e. The first kappa shape index (κ1) is 15.0. The number of anilines is 1. The van der Waals surface area contributed by atoms with E-state index in [9.17, 15) is 9.59 Å². The molecule has 1 aromatic carbocycles. The third kappa shape index (κ3) is 3.47. The molecule has 0 fully saturated rings. The molecule has 104 valence electrons. The predicted molar refractivity (Wildman–Crippen MR) is 72.3 cm³/mol. The average Bonchev–Trinajstić information content (AvgIpc) is 2.27. The van der Waals surface area contributed by atoms with Crippen molar-refractivity contribution in [2.75, 3.05) is 5.73 Å². The number of hydrogen-bond acceptors (Lipinski definition) is 3. The number of hydrogen-bond donors (Lipinski definition) is 3. The van der Waals surface area contributed by atoms with E-state index in [0.29, 0.717) is 29.7 Å². The molecule has 5 nitrogen and oxygen atoms in total. The van der Waals surface area contributed by atoms with E-state index in [4.69, 9.17) is 15.9 Å². The van der Waals surface area contributed by atoms with Crippen molar-refractivity contribution in [2.45, 2.75) is 39.5 Å². The van der Waals surface area contributed by atoms with E-state index in [2.05, 4.69) is 0 Å². The molecule has 0 saturated heterocycles. The van der Waals surface area contributed by atoms with Gasteiger partial charge in [-0.15, -0.1) is 0 Å². The van der Waals surface area contributed by atoms with Crippen molar-refractivity contribution in [3.8, 4) is 0 Å². The predicted octanol–water partition coefficient (Wildman–Crippen LogP) is 1.65. The molecule has 0 unspecified atom stereocenters. The maximum atomic E-state index is 10.9. The summed E-state index contributed by atoms with van der Waals surface area (Å²) in [6.45, 7) is 3.82. The summed E-state index contributed by atoms with van der Waals surface area (Å²) >= 11 is 0. The van der Waals surface area contributed by atoms with Gasteiger partial charge in [0.1, 0.15) is 0 Å². The first-order valence-electron chi connectivity index (χ1n) is 6.26. The molecular formula is C14H19NO4. The van der Waals surface area contributed by atoms with Crippen molar-refractivity contribution in [1.82, 2.24) is 0 Å². The lowest BCUT2D eigenvalue weighted by Gasteiger charge is -2.17. The number of benzene rings is 1. The van der Waals surface area contributed by atoms with Gasteiger partial charge in [0.05, 0.1) is 12.8 Å². The monoisotopic (exact) mass is 265 g/mol. The van der Waals surface area contributed by atoms with Gasteiger partial charge in [-0.3, -0.25) is 9.59 Å². The Morgan fingerprint density at radius 1 is 1.00 bits per heavy atom. The van der Waals surface area contributed by atoms with Gasteiger partial charge in [0, 0.05) is 5.69 Å². The molecule has 0 saturated carbocycles. The second-order valence-electron chi connectivity index (χ2n) is 4.41. The Bertz CT molecular complexity index is 466. The van der Waals surface area contributed by atoms with Crippen molar-refractivity contribution in [1.29, 1.82) is 0 Å². The smallest absolute Gasteiger partial charge is 0.307 e. The quantitative estimate of drug-likeness (QED) is 0.679. The topological polar surface area (TPSA) is 101 Å². The normalized spacial score (nSPS) is 10.4. The molecule has 1 aromatic rings. The summed E-state index contributed by atoms with van der Waals surface area (Å²) in [5.74, 6) is -1.89. The molecule has 5 heteroatoms. The van der Waals surface area contributed by atoms with Crippen LogP contribution in [0.5, 0.6) is 0 Å². The maximum absolute atomic E-state index is 10.9. The number of nitrogens with two attached hydrogens (primary N) is 1. The molecule has 0 aromatic heterocycles. The van der Waals surface area contributed by atoms with Crippen molar-refractivity contribution in [3.05, 3.63) is 28.3 Å². The van der Waals surface area contributed by atoms with Gasteiger partial charge in [0.15, 0.2) is 0 Å². The van der Waals surface area contributed by atoms with Gasteiger partial charge in [-0.05, 0) is 35.1 Å². The Morgan fingerprint density at radius 2 is 1.37 bits per heavy atom. The molecule has 0 bridgehead atoms. The van der Waals surface area contributed by atoms with Crippen LogP contribution in [0.4, 0.5) is 5.69 Å². The fourth-order valence-corrected chi connectivity index (χ4v) is 2.39. The Labute approximate surface area is 112 Å². The number of carbonyl (C=O) groups is 2. The van der Waals surface area contributed by atoms with Crippen LogP contribution >= 0.6 is 0 Å². The maximum Gasteiger partial charge on any atom is 0.307 e. The summed E-state index contributed by atoms with van der Waals surface area (Å²) in [5, 5.41) is 17.8. The van der Waals surface area contributed by atoms with Crippen LogP contribution in [-0.2, 0) is 35.3 Å². The van der Waals surface area contributed by atoms with Crippen molar-refractivity contribution >= 4 is 17.6 Å². The molecule has 0 spiro atoms. The molecule has 19 heavy (non-hydrogen) atoms. The van der Waals surface area contributed by atoms with Gasteiger partial charge in [0.25, 0.3) is 0 Å². The van der Waals surface area contributed by atoms with E-state index in [1.54, 1.807) is 6.07 Å². The van der Waals surface area contributed by atoms with Crippen molar-refractivity contribution in [3.63, 3.8) is 0 Å². The Morgan fingerprint density at radius 3 is 1.63 bits per heavy atom. The molecule has 0 atom stereocenters. The third-order valence-corrected chi connectivity index (χ3v) is 3.16. The van der Waals surface area contributed by atoms with Crippen LogP contribution in [0.2, 0.25) is 0 Å². The van der Waals surface area contributed by atoms with Crippen molar-refractivity contribution < 1.29 is 19.8 Å². The second-order valence-corrected chi connectivity index (χ2v) is 4.41. The Balaban J connectivity index is 3.42. The van der Waals surface area contributed by atoms with Gasteiger partial charge in [-0.1, -0.05) is 19.9 Å². The molecule has 0 amide bonds. The summed E-state index contributed by atoms with van der Waals surface area (Å²) < 4.78 is 0. The zero-order chi connectivity index (χ0) is 14.6. The summed E-state index contributed by atoms with van der Waals surface area (Å²) in [4.78, 5) is 21.8. The molecule has 0 aliphatic rings. The number of aliphatic carboxylic acids is 2. The molecule has 0 heterocycles. The lowest BCUT2D eigenvalue weighted by molar-refractivity contribution is -0.137. The minimum absolute atomic E-state index is 0.135. The van der Waals surface area contributed by atoms with Crippen LogP contribution in [0, 0.1) is 0 Å². The first-order valence-corrected chi connectivity index (χ1v) is 6.26. The average molecular weight is 265 g/mol. The minimum atomic E-state index is -0.945. The SMILES string of the molecule is CCc1c(CC(=O)O)cc(CC(=O)O)c(CC)c1N. The van der Waals surface area contributed by atoms with Gasteiger partial charge < -0.3 is 15.9 Å². The van der Waals surface area contributed by atoms with E-state index >= 15 is 0 Å². The number of carboxylic acids is 2. The zero-order valence-electron chi connectivity index (χ0n) is 11.2. The highest BCUT2D eigenvalue weighted by atomic mass is 16.4. The van der Waals surface area contributed by atoms with Crippen LogP contribution in [0.15, 0.2) is 6.07 Å². The van der Waals surface area contributed by atoms with E-state index in [1.807, 2.05) is 13.8 Å². The van der Waals surface area contributed by atoms with E-state index < -0.39 is 11.9 Å². The highest BCUT2D eigenvalue weighted by molar-refractivity contribution is 5.76. The van der Waals surface area contributed by atoms with Crippen LogP contribution in [0.25, 0.3) is 0 Å². The Hall–Kier alpha value is -2.04. The molecule has 1 rings (SSSR count). The van der Waals surface area contributed by atoms with Gasteiger partial charge in [0.2, 0.25) is 0 Å². The lowest BCUT2D eigenvalue weighted by atomic mass is 9.90. The highest BCUT2D eigenvalue weighted by Crippen LogP contribution is 2.28. The fourth-order valence-electron chi connectivity index (χ4n) is 2.39. The number of rotatable bonds is 6. The number of nitrogen functional groups attached to an aromatic ring is 1. The molecule has 4 N–H and O–H groups in total. The molecule has 0 aliphatic carbocycles. The molecule has 0 aliphatic heterocycles. The fraction of sp³-hybridized carbons (Fsp3) is 0.429. The lowest BCUT2D eigenvalue weighted by Crippen LogP contribution is -2.12. The van der Waals surface area contributed by atoms with Crippen molar-refractivity contribution in [2.24, 2.45) is 0 Å². The van der Waals surface area contributed by atoms with Crippen LogP contribution in [0.1, 0.15) is 36.1 Å². The van der Waals surface area contributed by atoms with Gasteiger partial charge in [-0.2, -0.15) is 0 Å². The second kappa shape index (κ2) is 6.22. The summed E-state index contributed by atoms with van der Waals surface area (Å²) in [6, 6.07) is 1.68. The van der Waals surface area contributed by atoms with E-state index in [1.165, 1.54) is 0 Å². The standard InChI is InChI=1S/C14H19NO4/c1-3-10-8(6-12(16)17)5-9(7-13(18)19)11(4-2)14(10)15/h5H,3-4,6-7,15H2,1-2H3,(H,16,17)(H,18,19). The summed E-state index contributed by atoms with van der Waals surface area (Å²) in [6.07, 6.45) is 0.998. The zero-order valence-corrected chi connectivity index (χ0v) is 11.2. The molecule has 0 radical (unpaired) electrons. The Kier molecular flexibility index (Phi) is 4.92. The first-order chi connectivity index (χ1) is 8.90. The van der Waals surface area contributed by atoms with Crippen LogP contribution in [0.3, 0.4) is 0 Å². The van der Waals surface area contributed by atoms with E-state index in [-0.39, 0.29) is 12.8 Å². The third-order valence-electron chi connectivity index (χ3n) is 3.16. The van der Waals surface area contributed by atoms with Crippen LogP contribution in [-0.4, -0.2) is 22.2 Å². The molecular weight excluding hydrogens is 246 g/mol. The van der Waals surface area contributed by atoms with E-state index in [0.717, 1.165) is 11.1 Å². The van der Waals surface area contributed by atoms with Crippen LogP contribution < -0.4 is 5.73 Å². The van der Waals surface area contributed by atoms with Gasteiger partial charge in [-0.25, -0.2) is 0 Å². The summed E-state index contributed by atoms with van der Waals surface area (Å²) in [7, 11) is 0. The van der Waals surface area contributed by atoms with Gasteiger partial charge >= 0.3 is 11.9 Å². The highest BCUT2D eigenvalue weighted by Gasteiger charge is 2.17.